The Bertz CT molecular complexity index is 555. The van der Waals surface area contributed by atoms with E-state index in [9.17, 15) is 5.11 Å². The van der Waals surface area contributed by atoms with Crippen molar-refractivity contribution in [2.45, 2.75) is 78.1 Å². The van der Waals surface area contributed by atoms with E-state index in [1.807, 2.05) is 0 Å². The normalized spacial score (nSPS) is 30.9. The zero-order chi connectivity index (χ0) is 15.4. The minimum Gasteiger partial charge on any atom is -0.508 e. The molecule has 2 aliphatic rings. The minimum absolute atomic E-state index is 0.252. The highest BCUT2D eigenvalue weighted by Gasteiger charge is 2.49. The molecule has 2 aliphatic carbocycles. The highest BCUT2D eigenvalue weighted by Crippen LogP contribution is 2.57. The molecule has 0 amide bonds. The first kappa shape index (κ1) is 14.9. The van der Waals surface area contributed by atoms with Crippen LogP contribution in [0.1, 0.15) is 82.9 Å². The first-order valence-electron chi connectivity index (χ1n) is 8.62. The first-order chi connectivity index (χ1) is 9.75. The van der Waals surface area contributed by atoms with E-state index < -0.39 is 0 Å². The summed E-state index contributed by atoms with van der Waals surface area (Å²) >= 11 is 0. The quantitative estimate of drug-likeness (QED) is 0.718. The van der Waals surface area contributed by atoms with Gasteiger partial charge in [-0.15, -0.1) is 0 Å². The summed E-state index contributed by atoms with van der Waals surface area (Å²) in [5, 5.41) is 10.5. The molecule has 0 bridgehead atoms. The molecule has 21 heavy (non-hydrogen) atoms. The smallest absolute Gasteiger partial charge is 0.119 e. The van der Waals surface area contributed by atoms with Gasteiger partial charge >= 0.3 is 0 Å². The van der Waals surface area contributed by atoms with E-state index >= 15 is 0 Å². The van der Waals surface area contributed by atoms with Gasteiger partial charge < -0.3 is 5.11 Å². The van der Waals surface area contributed by atoms with E-state index in [-0.39, 0.29) is 5.41 Å². The van der Waals surface area contributed by atoms with Crippen LogP contribution in [-0.4, -0.2) is 5.11 Å². The summed E-state index contributed by atoms with van der Waals surface area (Å²) in [6.45, 7) is 11.7. The summed E-state index contributed by atoms with van der Waals surface area (Å²) in [6.07, 6.45) is 6.41. The zero-order valence-corrected chi connectivity index (χ0v) is 14.3. The van der Waals surface area contributed by atoms with Gasteiger partial charge in [0.1, 0.15) is 5.75 Å². The van der Waals surface area contributed by atoms with Crippen LogP contribution >= 0.6 is 0 Å². The summed E-state index contributed by atoms with van der Waals surface area (Å²) in [5.74, 6) is 1.65. The molecule has 1 nitrogen and oxygen atoms in total. The monoisotopic (exact) mass is 286 g/mol. The summed E-state index contributed by atoms with van der Waals surface area (Å²) < 4.78 is 0. The van der Waals surface area contributed by atoms with Gasteiger partial charge in [-0.2, -0.15) is 0 Å². The lowest BCUT2D eigenvalue weighted by atomic mass is 9.50. The Balaban J connectivity index is 2.12. The summed E-state index contributed by atoms with van der Waals surface area (Å²) in [6, 6.07) is 4.40. The molecule has 0 radical (unpaired) electrons. The number of hydrogen-bond donors (Lipinski definition) is 1. The van der Waals surface area contributed by atoms with Gasteiger partial charge in [-0.25, -0.2) is 0 Å². The fourth-order valence-corrected chi connectivity index (χ4v) is 5.31. The Morgan fingerprint density at radius 2 is 1.86 bits per heavy atom. The van der Waals surface area contributed by atoms with E-state index in [4.69, 9.17) is 0 Å². The van der Waals surface area contributed by atoms with E-state index in [0.29, 0.717) is 17.1 Å². The Labute approximate surface area is 129 Å². The highest BCUT2D eigenvalue weighted by atomic mass is 16.3. The lowest BCUT2D eigenvalue weighted by Gasteiger charge is -2.54. The van der Waals surface area contributed by atoms with Crippen molar-refractivity contribution in [3.63, 3.8) is 0 Å². The van der Waals surface area contributed by atoms with Crippen LogP contribution in [0.25, 0.3) is 0 Å². The van der Waals surface area contributed by atoms with E-state index in [2.05, 4.69) is 46.8 Å². The Kier molecular flexibility index (Phi) is 3.39. The van der Waals surface area contributed by atoms with Crippen molar-refractivity contribution in [3.8, 4) is 5.75 Å². The molecule has 1 heteroatoms. The summed E-state index contributed by atoms with van der Waals surface area (Å²) in [4.78, 5) is 0. The molecular weight excluding hydrogens is 256 g/mol. The predicted octanol–water partition coefficient (Wildman–Crippen LogP) is 5.55. The molecule has 1 unspecified atom stereocenters. The van der Waals surface area contributed by atoms with Crippen LogP contribution in [-0.2, 0) is 11.8 Å². The average Bonchev–Trinajstić information content (AvgIpc) is 2.37. The van der Waals surface area contributed by atoms with Gasteiger partial charge in [0, 0.05) is 0 Å². The molecule has 0 aromatic heterocycles. The number of aromatic hydroxyl groups is 1. The number of rotatable bonds is 1. The number of phenols is 1. The van der Waals surface area contributed by atoms with Crippen molar-refractivity contribution in [2.75, 3.05) is 0 Å². The SMILES string of the molecule is CC(C)c1cc2c(cc1O)C1(C)CCCC(C)(C)[C@H]1CC2. The Morgan fingerprint density at radius 3 is 2.52 bits per heavy atom. The van der Waals surface area contributed by atoms with E-state index in [0.717, 1.165) is 11.5 Å². The molecule has 0 spiro atoms. The molecule has 2 atom stereocenters. The molecule has 0 aliphatic heterocycles. The number of hydrogen-bond acceptors (Lipinski definition) is 1. The summed E-state index contributed by atoms with van der Waals surface area (Å²) in [5.41, 5.74) is 4.73. The van der Waals surface area contributed by atoms with Crippen LogP contribution in [0.5, 0.6) is 5.75 Å². The molecule has 116 valence electrons. The maximum absolute atomic E-state index is 10.5. The van der Waals surface area contributed by atoms with Crippen LogP contribution in [0.15, 0.2) is 12.1 Å². The van der Waals surface area contributed by atoms with Crippen molar-refractivity contribution in [3.05, 3.63) is 28.8 Å². The second-order valence-electron chi connectivity index (χ2n) is 8.57. The predicted molar refractivity (Wildman–Crippen MR) is 89.0 cm³/mol. The summed E-state index contributed by atoms with van der Waals surface area (Å²) in [7, 11) is 0. The average molecular weight is 286 g/mol. The van der Waals surface area contributed by atoms with Crippen LogP contribution in [0.4, 0.5) is 0 Å². The molecule has 0 saturated heterocycles. The maximum atomic E-state index is 10.5. The minimum atomic E-state index is 0.252. The second kappa shape index (κ2) is 4.76. The van der Waals surface area contributed by atoms with Crippen LogP contribution in [0.3, 0.4) is 0 Å². The fraction of sp³-hybridized carbons (Fsp3) is 0.700. The van der Waals surface area contributed by atoms with Crippen molar-refractivity contribution < 1.29 is 5.11 Å². The number of phenolic OH excluding ortho intramolecular Hbond substituents is 1. The van der Waals surface area contributed by atoms with Crippen molar-refractivity contribution >= 4 is 0 Å². The van der Waals surface area contributed by atoms with Crippen LogP contribution in [0.2, 0.25) is 0 Å². The first-order valence-corrected chi connectivity index (χ1v) is 8.62. The topological polar surface area (TPSA) is 20.2 Å². The second-order valence-corrected chi connectivity index (χ2v) is 8.57. The third kappa shape index (κ3) is 2.20. The van der Waals surface area contributed by atoms with Gasteiger partial charge in [-0.05, 0) is 71.1 Å². The van der Waals surface area contributed by atoms with Crippen LogP contribution < -0.4 is 0 Å². The van der Waals surface area contributed by atoms with Gasteiger partial charge in [0.05, 0.1) is 0 Å². The Morgan fingerprint density at radius 1 is 1.14 bits per heavy atom. The van der Waals surface area contributed by atoms with Gasteiger partial charge in [0.25, 0.3) is 0 Å². The molecule has 1 aromatic rings. The fourth-order valence-electron chi connectivity index (χ4n) is 5.31. The molecule has 1 saturated carbocycles. The molecule has 1 fully saturated rings. The largest absolute Gasteiger partial charge is 0.508 e. The van der Waals surface area contributed by atoms with E-state index in [1.165, 1.54) is 43.2 Å². The standard InChI is InChI=1S/C20H30O/c1-13(2)15-11-14-7-8-18-19(3,4)9-6-10-20(18,5)16(14)12-17(15)21/h11-13,18,21H,6-10H2,1-5H3/t18-,20?/m1/s1. The van der Waals surface area contributed by atoms with E-state index in [1.54, 1.807) is 0 Å². The third-order valence-electron chi connectivity index (χ3n) is 6.42. The van der Waals surface area contributed by atoms with Gasteiger partial charge in [0.15, 0.2) is 0 Å². The van der Waals surface area contributed by atoms with Crippen molar-refractivity contribution in [1.29, 1.82) is 0 Å². The number of benzene rings is 1. The van der Waals surface area contributed by atoms with Crippen molar-refractivity contribution in [2.24, 2.45) is 11.3 Å². The molecule has 1 aromatic carbocycles. The Hall–Kier alpha value is -0.980. The van der Waals surface area contributed by atoms with Crippen molar-refractivity contribution in [1.82, 2.24) is 0 Å². The maximum Gasteiger partial charge on any atom is 0.119 e. The number of fused-ring (bicyclic) bond motifs is 3. The lowest BCUT2D eigenvalue weighted by molar-refractivity contribution is 0.0405. The van der Waals surface area contributed by atoms with Gasteiger partial charge in [-0.1, -0.05) is 47.1 Å². The molecular formula is C20H30O. The third-order valence-corrected chi connectivity index (χ3v) is 6.42. The lowest BCUT2D eigenvalue weighted by Crippen LogP contribution is -2.47. The van der Waals surface area contributed by atoms with Gasteiger partial charge in [-0.3, -0.25) is 0 Å². The van der Waals surface area contributed by atoms with Crippen LogP contribution in [0, 0.1) is 11.3 Å². The molecule has 1 N–H and O–H groups in total. The zero-order valence-electron chi connectivity index (χ0n) is 14.3. The number of aryl methyl sites for hydroxylation is 1. The molecule has 0 heterocycles. The molecule has 3 rings (SSSR count). The highest BCUT2D eigenvalue weighted by molar-refractivity contribution is 5.48. The van der Waals surface area contributed by atoms with Gasteiger partial charge in [0.2, 0.25) is 0 Å².